The summed E-state index contributed by atoms with van der Waals surface area (Å²) in [4.78, 5) is 12.9. The molecular weight excluding hydrogens is 330 g/mol. The number of rotatable bonds is 5. The molecule has 3 aromatic rings. The Morgan fingerprint density at radius 1 is 1.50 bits per heavy atom. The first kappa shape index (κ1) is 16.3. The molecule has 0 bridgehead atoms. The number of nitrogens with zero attached hydrogens (tertiary/aromatic N) is 4. The predicted octanol–water partition coefficient (Wildman–Crippen LogP) is 1.57. The van der Waals surface area contributed by atoms with E-state index in [0.717, 1.165) is 0 Å². The summed E-state index contributed by atoms with van der Waals surface area (Å²) >= 11 is 1.28. The van der Waals surface area contributed by atoms with Crippen molar-refractivity contribution >= 4 is 17.2 Å². The fourth-order valence-electron chi connectivity index (χ4n) is 2.52. The number of nitrogens with one attached hydrogen (secondary N) is 1. The lowest BCUT2D eigenvalue weighted by Crippen LogP contribution is -2.38. The maximum absolute atomic E-state index is 12.5. The molecule has 0 aliphatic carbocycles. The van der Waals surface area contributed by atoms with Gasteiger partial charge in [-0.2, -0.15) is 4.68 Å². The third kappa shape index (κ3) is 3.08. The molecule has 3 rings (SSSR count). The molecule has 8 nitrogen and oxygen atoms in total. The molecule has 0 unspecified atom stereocenters. The van der Waals surface area contributed by atoms with Crippen molar-refractivity contribution in [3.63, 3.8) is 0 Å². The van der Waals surface area contributed by atoms with E-state index in [4.69, 9.17) is 4.42 Å². The van der Waals surface area contributed by atoms with Crippen LogP contribution in [0.2, 0.25) is 0 Å². The van der Waals surface area contributed by atoms with Crippen LogP contribution in [0.15, 0.2) is 28.3 Å². The van der Waals surface area contributed by atoms with Crippen LogP contribution in [0.3, 0.4) is 0 Å². The van der Waals surface area contributed by atoms with Crippen molar-refractivity contribution < 1.29 is 14.3 Å². The van der Waals surface area contributed by atoms with Crippen molar-refractivity contribution in [2.24, 2.45) is 0 Å². The topological polar surface area (TPSA) is 106 Å². The Bertz CT molecular complexity index is 850. The molecular formula is C15H17N5O3S. The van der Waals surface area contributed by atoms with Gasteiger partial charge in [0.15, 0.2) is 0 Å². The second kappa shape index (κ2) is 6.17. The van der Waals surface area contributed by atoms with Gasteiger partial charge in [-0.1, -0.05) is 0 Å². The number of carbonyl (C=O) groups excluding carboxylic acids is 1. The number of furan rings is 1. The zero-order valence-electron chi connectivity index (χ0n) is 13.5. The van der Waals surface area contributed by atoms with E-state index in [9.17, 15) is 9.90 Å². The normalized spacial score (nSPS) is 13.7. The van der Waals surface area contributed by atoms with Crippen molar-refractivity contribution in [2.45, 2.75) is 26.4 Å². The van der Waals surface area contributed by atoms with Crippen molar-refractivity contribution in [3.8, 4) is 5.69 Å². The summed E-state index contributed by atoms with van der Waals surface area (Å²) in [5.41, 5.74) is 0.0219. The minimum Gasteiger partial charge on any atom is -0.466 e. The van der Waals surface area contributed by atoms with E-state index < -0.39 is 5.60 Å². The monoisotopic (exact) mass is 347 g/mol. The summed E-state index contributed by atoms with van der Waals surface area (Å²) in [5.74, 6) is 1.05. The molecule has 3 aromatic heterocycles. The van der Waals surface area contributed by atoms with Gasteiger partial charge in [-0.25, -0.2) is 0 Å². The van der Waals surface area contributed by atoms with E-state index >= 15 is 0 Å². The van der Waals surface area contributed by atoms with E-state index in [1.54, 1.807) is 31.4 Å². The Morgan fingerprint density at radius 3 is 2.92 bits per heavy atom. The lowest BCUT2D eigenvalue weighted by atomic mass is 9.96. The highest BCUT2D eigenvalue weighted by molar-refractivity contribution is 7.12. The smallest absolute Gasteiger partial charge is 0.263 e. The maximum atomic E-state index is 12.5. The Morgan fingerprint density at radius 2 is 2.29 bits per heavy atom. The van der Waals surface area contributed by atoms with Crippen molar-refractivity contribution in [1.29, 1.82) is 0 Å². The molecule has 1 atom stereocenters. The molecule has 0 saturated heterocycles. The first-order valence-corrected chi connectivity index (χ1v) is 8.15. The third-order valence-electron chi connectivity index (χ3n) is 3.66. The van der Waals surface area contributed by atoms with Gasteiger partial charge in [0.2, 0.25) is 0 Å². The van der Waals surface area contributed by atoms with Gasteiger partial charge in [0.05, 0.1) is 12.2 Å². The number of aliphatic hydroxyl groups is 1. The van der Waals surface area contributed by atoms with Gasteiger partial charge in [0, 0.05) is 5.56 Å². The average Bonchev–Trinajstić information content (AvgIpc) is 3.24. The molecule has 0 aromatic carbocycles. The number of aromatic nitrogens is 4. The first-order valence-electron chi connectivity index (χ1n) is 7.27. The Hall–Kier alpha value is -2.52. The minimum absolute atomic E-state index is 0.0542. The Kier molecular flexibility index (Phi) is 4.20. The van der Waals surface area contributed by atoms with Crippen LogP contribution in [0.1, 0.15) is 33.7 Å². The van der Waals surface area contributed by atoms with E-state index in [-0.39, 0.29) is 12.5 Å². The Labute approximate surface area is 142 Å². The first-order chi connectivity index (χ1) is 11.4. The van der Waals surface area contributed by atoms with Crippen LogP contribution in [-0.4, -0.2) is 37.8 Å². The summed E-state index contributed by atoms with van der Waals surface area (Å²) in [7, 11) is 0. The van der Waals surface area contributed by atoms with Crippen LogP contribution in [0.5, 0.6) is 0 Å². The molecule has 0 radical (unpaired) electrons. The van der Waals surface area contributed by atoms with Gasteiger partial charge in [-0.3, -0.25) is 4.79 Å². The summed E-state index contributed by atoms with van der Waals surface area (Å²) in [6, 6.07) is 3.54. The van der Waals surface area contributed by atoms with Crippen LogP contribution in [-0.2, 0) is 5.60 Å². The highest BCUT2D eigenvalue weighted by atomic mass is 32.1. The highest BCUT2D eigenvalue weighted by Gasteiger charge is 2.29. The van der Waals surface area contributed by atoms with Gasteiger partial charge in [0.25, 0.3) is 5.91 Å². The van der Waals surface area contributed by atoms with Crippen molar-refractivity contribution in [2.75, 3.05) is 6.54 Å². The molecule has 0 saturated carbocycles. The second-order valence-corrected chi connectivity index (χ2v) is 6.59. The van der Waals surface area contributed by atoms with Crippen LogP contribution < -0.4 is 5.32 Å². The van der Waals surface area contributed by atoms with Gasteiger partial charge in [-0.15, -0.1) is 16.4 Å². The lowest BCUT2D eigenvalue weighted by molar-refractivity contribution is 0.0515. The standard InChI is InChI=1S/C15H17N5O3S/c1-9-6-11(10(2)23-9)15(3,22)7-16-14(21)13-12(4-5-24-13)20-8-17-18-19-20/h4-6,8,22H,7H2,1-3H3,(H,16,21)/t15-/m1/s1. The zero-order valence-corrected chi connectivity index (χ0v) is 14.3. The number of hydrogen-bond donors (Lipinski definition) is 2. The van der Waals surface area contributed by atoms with Crippen molar-refractivity contribution in [3.05, 3.63) is 45.8 Å². The molecule has 9 heteroatoms. The van der Waals surface area contributed by atoms with E-state index in [2.05, 4.69) is 20.8 Å². The molecule has 3 heterocycles. The van der Waals surface area contributed by atoms with Crippen molar-refractivity contribution in [1.82, 2.24) is 25.5 Å². The second-order valence-electron chi connectivity index (χ2n) is 5.67. The molecule has 0 spiro atoms. The summed E-state index contributed by atoms with van der Waals surface area (Å²) in [6.45, 7) is 5.29. The largest absolute Gasteiger partial charge is 0.466 e. The fraction of sp³-hybridized carbons (Fsp3) is 0.333. The molecule has 1 amide bonds. The van der Waals surface area contributed by atoms with Gasteiger partial charge >= 0.3 is 0 Å². The van der Waals surface area contributed by atoms with Gasteiger partial charge in [-0.05, 0) is 48.7 Å². The summed E-state index contributed by atoms with van der Waals surface area (Å²) in [5, 5.41) is 26.2. The highest BCUT2D eigenvalue weighted by Crippen LogP contribution is 2.27. The van der Waals surface area contributed by atoms with E-state index in [0.29, 0.717) is 27.6 Å². The lowest BCUT2D eigenvalue weighted by Gasteiger charge is -2.23. The predicted molar refractivity (Wildman–Crippen MR) is 87.1 cm³/mol. The fourth-order valence-corrected chi connectivity index (χ4v) is 3.31. The molecule has 0 aliphatic rings. The number of hydrogen-bond acceptors (Lipinski definition) is 7. The Balaban J connectivity index is 1.74. The van der Waals surface area contributed by atoms with Crippen LogP contribution in [0.4, 0.5) is 0 Å². The van der Waals surface area contributed by atoms with Crippen LogP contribution in [0.25, 0.3) is 5.69 Å². The van der Waals surface area contributed by atoms with E-state index in [1.807, 2.05) is 6.92 Å². The average molecular weight is 347 g/mol. The minimum atomic E-state index is -1.23. The molecule has 0 aliphatic heterocycles. The zero-order chi connectivity index (χ0) is 17.3. The quantitative estimate of drug-likeness (QED) is 0.726. The number of carbonyl (C=O) groups is 1. The number of aryl methyl sites for hydroxylation is 2. The van der Waals surface area contributed by atoms with Crippen LogP contribution in [0, 0.1) is 13.8 Å². The maximum Gasteiger partial charge on any atom is 0.263 e. The number of tetrazole rings is 1. The van der Waals surface area contributed by atoms with Gasteiger partial charge in [0.1, 0.15) is 28.3 Å². The third-order valence-corrected chi connectivity index (χ3v) is 4.56. The molecule has 24 heavy (non-hydrogen) atoms. The van der Waals surface area contributed by atoms with Gasteiger partial charge < -0.3 is 14.8 Å². The summed E-state index contributed by atoms with van der Waals surface area (Å²) < 4.78 is 6.88. The van der Waals surface area contributed by atoms with Crippen LogP contribution >= 0.6 is 11.3 Å². The molecule has 0 fully saturated rings. The molecule has 2 N–H and O–H groups in total. The number of thiophene rings is 1. The number of amides is 1. The SMILES string of the molecule is Cc1cc([C@](C)(O)CNC(=O)c2sccc2-n2cnnn2)c(C)o1. The summed E-state index contributed by atoms with van der Waals surface area (Å²) in [6.07, 6.45) is 1.42. The molecule has 126 valence electrons. The van der Waals surface area contributed by atoms with E-state index in [1.165, 1.54) is 22.3 Å².